The summed E-state index contributed by atoms with van der Waals surface area (Å²) in [6.45, 7) is 0.903. The largest absolute Gasteiger partial charge is 0.497 e. The molecule has 5 heteroatoms. The normalized spacial score (nSPS) is 10.7. The van der Waals surface area contributed by atoms with Gasteiger partial charge in [-0.3, -0.25) is 0 Å². The Morgan fingerprint density at radius 2 is 1.83 bits per heavy atom. The predicted octanol–water partition coefficient (Wildman–Crippen LogP) is 3.42. The van der Waals surface area contributed by atoms with E-state index < -0.39 is 0 Å². The average molecular weight is 313 g/mol. The maximum Gasteiger partial charge on any atom is 0.134 e. The summed E-state index contributed by atoms with van der Waals surface area (Å²) in [5, 5.41) is 13.1. The molecule has 1 heterocycles. The van der Waals surface area contributed by atoms with Crippen LogP contribution in [0.1, 0.15) is 5.76 Å². The van der Waals surface area contributed by atoms with Crippen molar-refractivity contribution in [3.63, 3.8) is 0 Å². The summed E-state index contributed by atoms with van der Waals surface area (Å²) in [5.41, 5.74) is 1.81. The molecule has 1 aromatic heterocycles. The molecule has 0 saturated heterocycles. The predicted molar refractivity (Wildman–Crippen MR) is 89.1 cm³/mol. The molecule has 0 unspecified atom stereocenters. The molecule has 0 atom stereocenters. The van der Waals surface area contributed by atoms with Gasteiger partial charge in [0.25, 0.3) is 0 Å². The number of hydrogen-bond acceptors (Lipinski definition) is 5. The smallest absolute Gasteiger partial charge is 0.134 e. The van der Waals surface area contributed by atoms with Crippen molar-refractivity contribution < 1.29 is 19.0 Å². The van der Waals surface area contributed by atoms with E-state index in [0.29, 0.717) is 13.2 Å². The lowest BCUT2D eigenvalue weighted by molar-refractivity contribution is 0.201. The zero-order valence-electron chi connectivity index (χ0n) is 12.9. The quantitative estimate of drug-likeness (QED) is 0.700. The molecule has 0 aliphatic heterocycles. The third kappa shape index (κ3) is 3.76. The number of benzene rings is 2. The molecule has 23 heavy (non-hydrogen) atoms. The van der Waals surface area contributed by atoms with Crippen molar-refractivity contribution in [3.05, 3.63) is 54.3 Å². The van der Waals surface area contributed by atoms with E-state index in [9.17, 15) is 0 Å². The van der Waals surface area contributed by atoms with Crippen molar-refractivity contribution >= 4 is 16.7 Å². The second kappa shape index (κ2) is 7.07. The summed E-state index contributed by atoms with van der Waals surface area (Å²) in [5.74, 6) is 2.41. The number of hydrogen-bond donors (Lipinski definition) is 2. The maximum absolute atomic E-state index is 8.73. The van der Waals surface area contributed by atoms with Crippen LogP contribution in [-0.4, -0.2) is 25.4 Å². The van der Waals surface area contributed by atoms with E-state index in [1.54, 1.807) is 7.11 Å². The lowest BCUT2D eigenvalue weighted by atomic mass is 10.2. The minimum atomic E-state index is 0.0108. The minimum Gasteiger partial charge on any atom is -0.497 e. The topological polar surface area (TPSA) is 63.9 Å². The number of rotatable bonds is 7. The highest BCUT2D eigenvalue weighted by Gasteiger charge is 2.05. The van der Waals surface area contributed by atoms with Crippen molar-refractivity contribution in [1.82, 2.24) is 0 Å². The van der Waals surface area contributed by atoms with Crippen LogP contribution in [0.3, 0.4) is 0 Å². The summed E-state index contributed by atoms with van der Waals surface area (Å²) < 4.78 is 16.3. The number of methoxy groups -OCH3 is 1. The van der Waals surface area contributed by atoms with E-state index >= 15 is 0 Å². The number of ether oxygens (including phenoxy) is 2. The Bertz CT molecular complexity index is 764. The van der Waals surface area contributed by atoms with Crippen LogP contribution in [0.5, 0.6) is 11.5 Å². The Hall–Kier alpha value is -2.66. The molecule has 5 nitrogen and oxygen atoms in total. The fourth-order valence-electron chi connectivity index (χ4n) is 2.31. The van der Waals surface area contributed by atoms with Crippen LogP contribution < -0.4 is 14.8 Å². The molecule has 0 radical (unpaired) electrons. The monoisotopic (exact) mass is 313 g/mol. The Kier molecular flexibility index (Phi) is 4.68. The molecule has 0 aliphatic carbocycles. The van der Waals surface area contributed by atoms with Crippen molar-refractivity contribution in [2.75, 3.05) is 25.6 Å². The first-order chi connectivity index (χ1) is 11.3. The fraction of sp³-hybridized carbons (Fsp3) is 0.222. The zero-order chi connectivity index (χ0) is 16.1. The van der Waals surface area contributed by atoms with Crippen molar-refractivity contribution in [1.29, 1.82) is 0 Å². The van der Waals surface area contributed by atoms with Crippen LogP contribution in [0.4, 0.5) is 5.69 Å². The molecular formula is C18H19NO4. The van der Waals surface area contributed by atoms with Gasteiger partial charge in [-0.25, -0.2) is 0 Å². The lowest BCUT2D eigenvalue weighted by Gasteiger charge is -2.07. The summed E-state index contributed by atoms with van der Waals surface area (Å²) in [7, 11) is 1.65. The van der Waals surface area contributed by atoms with Gasteiger partial charge in [-0.1, -0.05) is 0 Å². The highest BCUT2D eigenvalue weighted by atomic mass is 16.5. The van der Waals surface area contributed by atoms with Gasteiger partial charge in [0, 0.05) is 11.1 Å². The number of furan rings is 1. The van der Waals surface area contributed by atoms with E-state index in [2.05, 4.69) is 5.32 Å². The standard InChI is InChI=1S/C18H19NO4/c1-21-16-6-7-18-13(10-16)11-17(23-18)12-19-14-2-4-15(5-3-14)22-9-8-20/h2-7,10-11,19-20H,8-9,12H2,1H3. The lowest BCUT2D eigenvalue weighted by Crippen LogP contribution is -2.02. The fourth-order valence-corrected chi connectivity index (χ4v) is 2.31. The van der Waals surface area contributed by atoms with Crippen LogP contribution in [0.25, 0.3) is 11.0 Å². The van der Waals surface area contributed by atoms with E-state index in [-0.39, 0.29) is 6.61 Å². The zero-order valence-corrected chi connectivity index (χ0v) is 12.9. The average Bonchev–Trinajstić information content (AvgIpc) is 3.01. The Balaban J connectivity index is 1.63. The first-order valence-corrected chi connectivity index (χ1v) is 7.42. The highest BCUT2D eigenvalue weighted by Crippen LogP contribution is 2.25. The second-order valence-corrected chi connectivity index (χ2v) is 5.07. The number of nitrogens with one attached hydrogen (secondary N) is 1. The van der Waals surface area contributed by atoms with Crippen molar-refractivity contribution in [2.24, 2.45) is 0 Å². The number of aliphatic hydroxyl groups excluding tert-OH is 1. The van der Waals surface area contributed by atoms with Gasteiger partial charge >= 0.3 is 0 Å². The first kappa shape index (κ1) is 15.2. The molecule has 2 aromatic carbocycles. The van der Waals surface area contributed by atoms with Gasteiger partial charge in [0.15, 0.2) is 0 Å². The second-order valence-electron chi connectivity index (χ2n) is 5.07. The van der Waals surface area contributed by atoms with Crippen LogP contribution in [0, 0.1) is 0 Å². The molecule has 0 bridgehead atoms. The third-order valence-corrected chi connectivity index (χ3v) is 3.46. The molecule has 0 amide bonds. The maximum atomic E-state index is 8.73. The molecule has 2 N–H and O–H groups in total. The number of fused-ring (bicyclic) bond motifs is 1. The molecule has 0 fully saturated rings. The molecule has 3 aromatic rings. The highest BCUT2D eigenvalue weighted by molar-refractivity contribution is 5.79. The van der Waals surface area contributed by atoms with Gasteiger partial charge < -0.3 is 24.3 Å². The van der Waals surface area contributed by atoms with Crippen LogP contribution in [0.2, 0.25) is 0 Å². The van der Waals surface area contributed by atoms with Gasteiger partial charge in [-0.15, -0.1) is 0 Å². The Morgan fingerprint density at radius 1 is 1.04 bits per heavy atom. The van der Waals surface area contributed by atoms with Gasteiger partial charge in [-0.05, 0) is 48.5 Å². The van der Waals surface area contributed by atoms with Crippen molar-refractivity contribution in [3.8, 4) is 11.5 Å². The van der Waals surface area contributed by atoms with Crippen LogP contribution in [0.15, 0.2) is 52.9 Å². The number of aliphatic hydroxyl groups is 1. The Morgan fingerprint density at radius 3 is 2.57 bits per heavy atom. The SMILES string of the molecule is COc1ccc2oc(CNc3ccc(OCCO)cc3)cc2c1. The van der Waals surface area contributed by atoms with Gasteiger partial charge in [-0.2, -0.15) is 0 Å². The summed E-state index contributed by atoms with van der Waals surface area (Å²) in [4.78, 5) is 0. The molecule has 0 spiro atoms. The Labute approximate surface area is 134 Å². The van der Waals surface area contributed by atoms with Crippen LogP contribution in [-0.2, 0) is 6.54 Å². The molecule has 0 saturated carbocycles. The molecular weight excluding hydrogens is 294 g/mol. The summed E-state index contributed by atoms with van der Waals surface area (Å²) in [6, 6.07) is 15.3. The van der Waals surface area contributed by atoms with E-state index in [0.717, 1.165) is 33.9 Å². The van der Waals surface area contributed by atoms with Gasteiger partial charge in [0.05, 0.1) is 20.3 Å². The van der Waals surface area contributed by atoms with E-state index in [4.69, 9.17) is 19.0 Å². The molecule has 0 aliphatic rings. The minimum absolute atomic E-state index is 0.0108. The van der Waals surface area contributed by atoms with Crippen molar-refractivity contribution in [2.45, 2.75) is 6.54 Å². The summed E-state index contributed by atoms with van der Waals surface area (Å²) >= 11 is 0. The van der Waals surface area contributed by atoms with Gasteiger partial charge in [0.2, 0.25) is 0 Å². The number of anilines is 1. The molecule has 120 valence electrons. The molecule has 3 rings (SSSR count). The van der Waals surface area contributed by atoms with E-state index in [1.165, 1.54) is 0 Å². The van der Waals surface area contributed by atoms with Crippen LogP contribution >= 0.6 is 0 Å². The third-order valence-electron chi connectivity index (χ3n) is 3.46. The first-order valence-electron chi connectivity index (χ1n) is 7.42. The van der Waals surface area contributed by atoms with E-state index in [1.807, 2.05) is 48.5 Å². The van der Waals surface area contributed by atoms with Gasteiger partial charge in [0.1, 0.15) is 29.4 Å². The summed E-state index contributed by atoms with van der Waals surface area (Å²) in [6.07, 6.45) is 0.